The monoisotopic (exact) mass is 243 g/mol. The van der Waals surface area contributed by atoms with E-state index in [-0.39, 0.29) is 17.9 Å². The van der Waals surface area contributed by atoms with Gasteiger partial charge in [-0.25, -0.2) is 0 Å². The maximum Gasteiger partial charge on any atom is 0.237 e. The Hall–Kier alpha value is -0.650. The molecular formula is C12H25N3O2. The van der Waals surface area contributed by atoms with E-state index in [1.165, 1.54) is 0 Å². The molecule has 2 atom stereocenters. The number of morpholine rings is 1. The molecule has 1 aliphatic rings. The first-order valence-electron chi connectivity index (χ1n) is 6.48. The predicted molar refractivity (Wildman–Crippen MR) is 67.7 cm³/mol. The lowest BCUT2D eigenvalue weighted by atomic mass is 9.99. The van der Waals surface area contributed by atoms with Crippen LogP contribution in [-0.4, -0.2) is 56.2 Å². The van der Waals surface area contributed by atoms with Crippen LogP contribution in [0.15, 0.2) is 0 Å². The molecule has 0 spiro atoms. The van der Waals surface area contributed by atoms with Gasteiger partial charge >= 0.3 is 0 Å². The largest absolute Gasteiger partial charge is 0.379 e. The molecule has 1 saturated heterocycles. The first kappa shape index (κ1) is 14.4. The molecule has 2 unspecified atom stereocenters. The van der Waals surface area contributed by atoms with Crippen molar-refractivity contribution < 1.29 is 9.53 Å². The van der Waals surface area contributed by atoms with E-state index in [0.29, 0.717) is 6.54 Å². The van der Waals surface area contributed by atoms with Crippen molar-refractivity contribution in [3.05, 3.63) is 0 Å². The minimum absolute atomic E-state index is 0.0346. The van der Waals surface area contributed by atoms with Crippen molar-refractivity contribution in [2.24, 2.45) is 11.7 Å². The van der Waals surface area contributed by atoms with Gasteiger partial charge in [-0.05, 0) is 5.92 Å². The summed E-state index contributed by atoms with van der Waals surface area (Å²) >= 11 is 0. The summed E-state index contributed by atoms with van der Waals surface area (Å²) in [5.74, 6) is 0.200. The summed E-state index contributed by atoms with van der Waals surface area (Å²) in [5.41, 5.74) is 5.84. The van der Waals surface area contributed by atoms with Gasteiger partial charge < -0.3 is 15.8 Å². The van der Waals surface area contributed by atoms with Gasteiger partial charge in [0.1, 0.15) is 0 Å². The van der Waals surface area contributed by atoms with E-state index in [2.05, 4.69) is 10.2 Å². The van der Waals surface area contributed by atoms with E-state index < -0.39 is 0 Å². The smallest absolute Gasteiger partial charge is 0.237 e. The second-order valence-corrected chi connectivity index (χ2v) is 4.66. The summed E-state index contributed by atoms with van der Waals surface area (Å²) in [6, 6.07) is -0.385. The van der Waals surface area contributed by atoms with Crippen molar-refractivity contribution in [2.75, 3.05) is 39.4 Å². The maximum atomic E-state index is 11.7. The number of nitrogens with two attached hydrogens (primary N) is 1. The van der Waals surface area contributed by atoms with E-state index in [0.717, 1.165) is 39.3 Å². The molecule has 0 aromatic rings. The molecule has 5 heteroatoms. The summed E-state index contributed by atoms with van der Waals surface area (Å²) in [7, 11) is 0. The highest BCUT2D eigenvalue weighted by atomic mass is 16.5. The highest BCUT2D eigenvalue weighted by Gasteiger charge is 2.19. The molecule has 5 nitrogen and oxygen atoms in total. The van der Waals surface area contributed by atoms with Crippen LogP contribution in [0.2, 0.25) is 0 Å². The number of ether oxygens (including phenoxy) is 1. The molecule has 100 valence electrons. The van der Waals surface area contributed by atoms with Crippen LogP contribution in [0.3, 0.4) is 0 Å². The molecule has 0 aromatic carbocycles. The number of rotatable bonds is 6. The van der Waals surface area contributed by atoms with Gasteiger partial charge in [-0.2, -0.15) is 0 Å². The number of hydrogen-bond donors (Lipinski definition) is 2. The van der Waals surface area contributed by atoms with Crippen molar-refractivity contribution >= 4 is 5.91 Å². The number of carbonyl (C=O) groups excluding carboxylic acids is 1. The fourth-order valence-corrected chi connectivity index (χ4v) is 1.79. The summed E-state index contributed by atoms with van der Waals surface area (Å²) in [4.78, 5) is 14.0. The quantitative estimate of drug-likeness (QED) is 0.678. The molecule has 0 saturated carbocycles. The topological polar surface area (TPSA) is 67.6 Å². The Balaban J connectivity index is 2.14. The molecule has 1 aliphatic heterocycles. The number of hydrogen-bond acceptors (Lipinski definition) is 4. The van der Waals surface area contributed by atoms with Crippen LogP contribution in [0.4, 0.5) is 0 Å². The third-order valence-electron chi connectivity index (χ3n) is 3.39. The summed E-state index contributed by atoms with van der Waals surface area (Å²) in [6.45, 7) is 9.09. The molecule has 17 heavy (non-hydrogen) atoms. The summed E-state index contributed by atoms with van der Waals surface area (Å²) in [5, 5.41) is 2.90. The maximum absolute atomic E-state index is 11.7. The average Bonchev–Trinajstić information content (AvgIpc) is 2.38. The van der Waals surface area contributed by atoms with Crippen molar-refractivity contribution in [1.29, 1.82) is 0 Å². The zero-order chi connectivity index (χ0) is 12.7. The van der Waals surface area contributed by atoms with Gasteiger partial charge in [0.15, 0.2) is 0 Å². The van der Waals surface area contributed by atoms with E-state index >= 15 is 0 Å². The van der Waals surface area contributed by atoms with Gasteiger partial charge in [-0.3, -0.25) is 9.69 Å². The van der Waals surface area contributed by atoms with Crippen LogP contribution in [0.25, 0.3) is 0 Å². The second-order valence-electron chi connectivity index (χ2n) is 4.66. The Morgan fingerprint density at radius 1 is 1.47 bits per heavy atom. The Bertz CT molecular complexity index is 230. The number of nitrogens with one attached hydrogen (secondary N) is 1. The normalized spacial score (nSPS) is 20.9. The van der Waals surface area contributed by atoms with E-state index in [9.17, 15) is 4.79 Å². The first-order valence-corrected chi connectivity index (χ1v) is 6.48. The molecule has 0 aliphatic carbocycles. The molecule has 1 rings (SSSR count). The Labute approximate surface area is 104 Å². The van der Waals surface area contributed by atoms with Crippen molar-refractivity contribution in [2.45, 2.75) is 26.3 Å². The molecule has 1 heterocycles. The van der Waals surface area contributed by atoms with Crippen LogP contribution in [0, 0.1) is 5.92 Å². The molecule has 3 N–H and O–H groups in total. The van der Waals surface area contributed by atoms with E-state index in [1.807, 2.05) is 13.8 Å². The molecule has 0 radical (unpaired) electrons. The van der Waals surface area contributed by atoms with E-state index in [4.69, 9.17) is 10.5 Å². The molecule has 1 amide bonds. The lowest BCUT2D eigenvalue weighted by Crippen LogP contribution is -2.47. The number of amides is 1. The Kier molecular flexibility index (Phi) is 6.47. The molecule has 0 bridgehead atoms. The van der Waals surface area contributed by atoms with Crippen LogP contribution >= 0.6 is 0 Å². The van der Waals surface area contributed by atoms with Gasteiger partial charge in [0, 0.05) is 26.2 Å². The number of carbonyl (C=O) groups is 1. The fraction of sp³-hybridized carbons (Fsp3) is 0.917. The minimum Gasteiger partial charge on any atom is -0.379 e. The first-order chi connectivity index (χ1) is 8.15. The van der Waals surface area contributed by atoms with Crippen LogP contribution in [0.1, 0.15) is 20.3 Å². The standard InChI is InChI=1S/C12H25N3O2/c1-3-10(2)11(13)12(16)14-4-5-15-6-8-17-9-7-15/h10-11H,3-9,13H2,1-2H3,(H,14,16). The van der Waals surface area contributed by atoms with Gasteiger partial charge in [0.2, 0.25) is 5.91 Å². The lowest BCUT2D eigenvalue weighted by Gasteiger charge is -2.27. The van der Waals surface area contributed by atoms with Crippen LogP contribution in [-0.2, 0) is 9.53 Å². The number of nitrogens with zero attached hydrogens (tertiary/aromatic N) is 1. The molecule has 0 aromatic heterocycles. The third kappa shape index (κ3) is 5.02. The molecular weight excluding hydrogens is 218 g/mol. The highest BCUT2D eigenvalue weighted by molar-refractivity contribution is 5.81. The zero-order valence-corrected chi connectivity index (χ0v) is 10.9. The minimum atomic E-state index is -0.385. The van der Waals surface area contributed by atoms with Gasteiger partial charge in [0.05, 0.1) is 19.3 Å². The molecule has 1 fully saturated rings. The summed E-state index contributed by atoms with van der Waals surface area (Å²) in [6.07, 6.45) is 0.929. The average molecular weight is 243 g/mol. The summed E-state index contributed by atoms with van der Waals surface area (Å²) < 4.78 is 5.26. The Morgan fingerprint density at radius 3 is 2.71 bits per heavy atom. The zero-order valence-electron chi connectivity index (χ0n) is 10.9. The van der Waals surface area contributed by atoms with Crippen LogP contribution in [0.5, 0.6) is 0 Å². The van der Waals surface area contributed by atoms with Crippen molar-refractivity contribution in [1.82, 2.24) is 10.2 Å². The van der Waals surface area contributed by atoms with Crippen molar-refractivity contribution in [3.8, 4) is 0 Å². The Morgan fingerprint density at radius 2 is 2.12 bits per heavy atom. The predicted octanol–water partition coefficient (Wildman–Crippen LogP) is -0.192. The lowest BCUT2D eigenvalue weighted by molar-refractivity contribution is -0.123. The fourth-order valence-electron chi connectivity index (χ4n) is 1.79. The van der Waals surface area contributed by atoms with Gasteiger partial charge in [-0.15, -0.1) is 0 Å². The van der Waals surface area contributed by atoms with Gasteiger partial charge in [-0.1, -0.05) is 20.3 Å². The third-order valence-corrected chi connectivity index (χ3v) is 3.39. The van der Waals surface area contributed by atoms with Crippen molar-refractivity contribution in [3.63, 3.8) is 0 Å². The SMILES string of the molecule is CCC(C)C(N)C(=O)NCCN1CCOCC1. The van der Waals surface area contributed by atoms with E-state index in [1.54, 1.807) is 0 Å². The highest BCUT2D eigenvalue weighted by Crippen LogP contribution is 2.04. The van der Waals surface area contributed by atoms with Crippen LogP contribution < -0.4 is 11.1 Å². The van der Waals surface area contributed by atoms with Gasteiger partial charge in [0.25, 0.3) is 0 Å². The second kappa shape index (κ2) is 7.63.